The van der Waals surface area contributed by atoms with Gasteiger partial charge in [-0.2, -0.15) is 0 Å². The maximum Gasteiger partial charge on any atom is 0.123 e. The van der Waals surface area contributed by atoms with Gasteiger partial charge in [-0.3, -0.25) is 5.41 Å². The highest BCUT2D eigenvalue weighted by atomic mass is 32.2. The number of benzene rings is 1. The number of ether oxygens (including phenoxy) is 1. The van der Waals surface area contributed by atoms with E-state index in [1.165, 1.54) is 0 Å². The number of methoxy groups -OCH3 is 1. The fraction of sp³-hybridized carbons (Fsp3) is 0.417. The van der Waals surface area contributed by atoms with Crippen LogP contribution in [-0.2, 0) is 0 Å². The minimum Gasteiger partial charge on any atom is -0.497 e. The van der Waals surface area contributed by atoms with Gasteiger partial charge in [-0.15, -0.1) is 11.8 Å². The zero-order valence-corrected chi connectivity index (χ0v) is 10.7. The molecule has 0 radical (unpaired) electrons. The number of rotatable bonds is 5. The third-order valence-electron chi connectivity index (χ3n) is 2.38. The van der Waals surface area contributed by atoms with Crippen LogP contribution < -0.4 is 10.5 Å². The van der Waals surface area contributed by atoms with Gasteiger partial charge in [-0.25, -0.2) is 0 Å². The monoisotopic (exact) mass is 238 g/mol. The average Bonchev–Trinajstić information content (AvgIpc) is 2.28. The summed E-state index contributed by atoms with van der Waals surface area (Å²) >= 11 is 1.73. The van der Waals surface area contributed by atoms with Crippen LogP contribution in [0.2, 0.25) is 0 Å². The molecule has 0 bridgehead atoms. The molecule has 1 atom stereocenters. The zero-order valence-electron chi connectivity index (χ0n) is 9.91. The first-order valence-corrected chi connectivity index (χ1v) is 6.15. The lowest BCUT2D eigenvalue weighted by atomic mass is 10.2. The lowest BCUT2D eigenvalue weighted by molar-refractivity contribution is 0.413. The Kier molecular flexibility index (Phi) is 4.68. The highest BCUT2D eigenvalue weighted by molar-refractivity contribution is 8.00. The molecule has 0 fully saturated rings. The molecule has 3 nitrogen and oxygen atoms in total. The number of nitrogens with two attached hydrogens (primary N) is 1. The van der Waals surface area contributed by atoms with Gasteiger partial charge in [0.15, 0.2) is 0 Å². The van der Waals surface area contributed by atoms with Crippen molar-refractivity contribution in [2.75, 3.05) is 7.11 Å². The lowest BCUT2D eigenvalue weighted by Gasteiger charge is -2.13. The summed E-state index contributed by atoms with van der Waals surface area (Å²) in [7, 11) is 1.64. The topological polar surface area (TPSA) is 59.1 Å². The van der Waals surface area contributed by atoms with E-state index in [2.05, 4.69) is 13.8 Å². The zero-order chi connectivity index (χ0) is 12.1. The van der Waals surface area contributed by atoms with Crippen molar-refractivity contribution in [2.24, 2.45) is 5.73 Å². The molecule has 1 aromatic carbocycles. The predicted molar refractivity (Wildman–Crippen MR) is 69.6 cm³/mol. The van der Waals surface area contributed by atoms with Gasteiger partial charge >= 0.3 is 0 Å². The van der Waals surface area contributed by atoms with Crippen LogP contribution in [-0.4, -0.2) is 18.2 Å². The molecule has 16 heavy (non-hydrogen) atoms. The summed E-state index contributed by atoms with van der Waals surface area (Å²) in [5, 5.41) is 8.03. The van der Waals surface area contributed by atoms with Crippen LogP contribution in [0.1, 0.15) is 25.8 Å². The highest BCUT2D eigenvalue weighted by Crippen LogP contribution is 2.31. The van der Waals surface area contributed by atoms with Crippen molar-refractivity contribution in [3.05, 3.63) is 23.8 Å². The Morgan fingerprint density at radius 1 is 1.56 bits per heavy atom. The first-order valence-electron chi connectivity index (χ1n) is 5.27. The number of hydrogen-bond donors (Lipinski definition) is 2. The fourth-order valence-corrected chi connectivity index (χ4v) is 2.34. The summed E-state index contributed by atoms with van der Waals surface area (Å²) in [5.74, 6) is 0.907. The third kappa shape index (κ3) is 3.17. The smallest absolute Gasteiger partial charge is 0.123 e. The van der Waals surface area contributed by atoms with Crippen LogP contribution in [0.5, 0.6) is 5.75 Å². The first-order chi connectivity index (χ1) is 7.58. The standard InChI is InChI=1S/C12H18N2OS/c1-4-8(2)16-11-7-9(15-3)5-6-10(11)12(13)14/h5-8H,4H2,1-3H3,(H3,13,14). The predicted octanol–water partition coefficient (Wildman–Crippen LogP) is 2.87. The normalized spacial score (nSPS) is 12.2. The van der Waals surface area contributed by atoms with E-state index in [9.17, 15) is 0 Å². The van der Waals surface area contributed by atoms with E-state index in [4.69, 9.17) is 15.9 Å². The Bertz CT molecular complexity index is 379. The minimum atomic E-state index is 0.105. The Hall–Kier alpha value is -1.16. The molecule has 1 rings (SSSR count). The summed E-state index contributed by atoms with van der Waals surface area (Å²) in [6.45, 7) is 4.30. The van der Waals surface area contributed by atoms with E-state index in [-0.39, 0.29) is 5.84 Å². The van der Waals surface area contributed by atoms with Gasteiger partial charge in [0.05, 0.1) is 7.11 Å². The van der Waals surface area contributed by atoms with Crippen molar-refractivity contribution in [3.63, 3.8) is 0 Å². The quantitative estimate of drug-likeness (QED) is 0.471. The Labute approximate surface area is 101 Å². The van der Waals surface area contributed by atoms with Crippen LogP contribution in [0.15, 0.2) is 23.1 Å². The Morgan fingerprint density at radius 2 is 2.25 bits per heavy atom. The SMILES string of the molecule is CCC(C)Sc1cc(OC)ccc1C(=N)N. The molecule has 1 unspecified atom stereocenters. The molecular weight excluding hydrogens is 220 g/mol. The number of amidine groups is 1. The fourth-order valence-electron chi connectivity index (χ4n) is 1.25. The number of hydrogen-bond acceptors (Lipinski definition) is 3. The number of thioether (sulfide) groups is 1. The summed E-state index contributed by atoms with van der Waals surface area (Å²) in [6, 6.07) is 5.61. The second-order valence-electron chi connectivity index (χ2n) is 3.61. The second-order valence-corrected chi connectivity index (χ2v) is 5.09. The van der Waals surface area contributed by atoms with Crippen molar-refractivity contribution in [3.8, 4) is 5.75 Å². The minimum absolute atomic E-state index is 0.105. The Balaban J connectivity index is 3.05. The van der Waals surface area contributed by atoms with Crippen molar-refractivity contribution >= 4 is 17.6 Å². The van der Waals surface area contributed by atoms with E-state index < -0.39 is 0 Å². The second kappa shape index (κ2) is 5.80. The molecular formula is C12H18N2OS. The largest absolute Gasteiger partial charge is 0.497 e. The van der Waals surface area contributed by atoms with E-state index in [0.29, 0.717) is 5.25 Å². The summed E-state index contributed by atoms with van der Waals surface area (Å²) < 4.78 is 5.18. The molecule has 4 heteroatoms. The average molecular weight is 238 g/mol. The van der Waals surface area contributed by atoms with Crippen molar-refractivity contribution < 1.29 is 4.74 Å². The van der Waals surface area contributed by atoms with Gasteiger partial charge in [0.1, 0.15) is 11.6 Å². The third-order valence-corrected chi connectivity index (χ3v) is 3.71. The van der Waals surface area contributed by atoms with E-state index >= 15 is 0 Å². The molecule has 3 N–H and O–H groups in total. The molecule has 0 aliphatic carbocycles. The molecule has 0 aromatic heterocycles. The highest BCUT2D eigenvalue weighted by Gasteiger charge is 2.10. The summed E-state index contributed by atoms with van der Waals surface area (Å²) in [5.41, 5.74) is 6.34. The molecule has 1 aromatic rings. The van der Waals surface area contributed by atoms with E-state index in [0.717, 1.165) is 22.6 Å². The molecule has 0 amide bonds. The van der Waals surface area contributed by atoms with Crippen molar-refractivity contribution in [1.82, 2.24) is 0 Å². The van der Waals surface area contributed by atoms with Gasteiger partial charge in [0, 0.05) is 15.7 Å². The molecule has 0 aliphatic heterocycles. The summed E-state index contributed by atoms with van der Waals surface area (Å²) in [4.78, 5) is 1.02. The molecule has 0 saturated heterocycles. The van der Waals surface area contributed by atoms with Crippen molar-refractivity contribution in [1.29, 1.82) is 5.41 Å². The van der Waals surface area contributed by atoms with Crippen LogP contribution in [0.25, 0.3) is 0 Å². The van der Waals surface area contributed by atoms with Crippen LogP contribution in [0, 0.1) is 5.41 Å². The number of nitrogens with one attached hydrogen (secondary N) is 1. The maximum atomic E-state index is 7.53. The van der Waals surface area contributed by atoms with Gasteiger partial charge in [-0.05, 0) is 24.6 Å². The van der Waals surface area contributed by atoms with Crippen LogP contribution in [0.3, 0.4) is 0 Å². The number of nitrogen functional groups attached to an aromatic ring is 1. The maximum absolute atomic E-state index is 7.53. The van der Waals surface area contributed by atoms with Crippen molar-refractivity contribution in [2.45, 2.75) is 30.4 Å². The Morgan fingerprint density at radius 3 is 2.75 bits per heavy atom. The molecule has 0 spiro atoms. The van der Waals surface area contributed by atoms with Gasteiger partial charge in [0.2, 0.25) is 0 Å². The molecule has 88 valence electrons. The summed E-state index contributed by atoms with van der Waals surface area (Å²) in [6.07, 6.45) is 1.08. The van der Waals surface area contributed by atoms with E-state index in [1.54, 1.807) is 18.9 Å². The first kappa shape index (κ1) is 12.9. The molecule has 0 saturated carbocycles. The van der Waals surface area contributed by atoms with Gasteiger partial charge in [-0.1, -0.05) is 13.8 Å². The lowest BCUT2D eigenvalue weighted by Crippen LogP contribution is -2.13. The van der Waals surface area contributed by atoms with E-state index in [1.807, 2.05) is 18.2 Å². The molecule has 0 aliphatic rings. The van der Waals surface area contributed by atoms with Gasteiger partial charge < -0.3 is 10.5 Å². The van der Waals surface area contributed by atoms with Crippen LogP contribution in [0.4, 0.5) is 0 Å². The molecule has 0 heterocycles. The van der Waals surface area contributed by atoms with Crippen LogP contribution >= 0.6 is 11.8 Å². The van der Waals surface area contributed by atoms with Gasteiger partial charge in [0.25, 0.3) is 0 Å².